The Kier molecular flexibility index (Phi) is 5.70. The van der Waals surface area contributed by atoms with Gasteiger partial charge >= 0.3 is 0 Å². The van der Waals surface area contributed by atoms with Gasteiger partial charge in [-0.15, -0.1) is 0 Å². The fourth-order valence-electron chi connectivity index (χ4n) is 4.83. The van der Waals surface area contributed by atoms with Crippen molar-refractivity contribution in [1.82, 2.24) is 4.98 Å². The van der Waals surface area contributed by atoms with Crippen molar-refractivity contribution in [1.29, 1.82) is 5.41 Å². The summed E-state index contributed by atoms with van der Waals surface area (Å²) in [7, 11) is 0. The number of anilines is 1. The highest BCUT2D eigenvalue weighted by Crippen LogP contribution is 2.47. The van der Waals surface area contributed by atoms with Crippen molar-refractivity contribution in [3.8, 4) is 0 Å². The van der Waals surface area contributed by atoms with Gasteiger partial charge in [0.05, 0.1) is 4.92 Å². The third-order valence-electron chi connectivity index (χ3n) is 6.39. The Hall–Kier alpha value is -4.59. The lowest BCUT2D eigenvalue weighted by Gasteiger charge is -2.41. The van der Waals surface area contributed by atoms with Gasteiger partial charge in [0.1, 0.15) is 11.6 Å². The fourth-order valence-corrected chi connectivity index (χ4v) is 4.83. The van der Waals surface area contributed by atoms with Crippen LogP contribution in [0.2, 0.25) is 0 Å². The van der Waals surface area contributed by atoms with Gasteiger partial charge in [0.25, 0.3) is 5.69 Å². The number of pyridine rings is 1. The van der Waals surface area contributed by atoms with Crippen LogP contribution in [0.1, 0.15) is 36.3 Å². The maximum atomic E-state index is 13.4. The van der Waals surface area contributed by atoms with Crippen LogP contribution >= 0.6 is 0 Å². The van der Waals surface area contributed by atoms with E-state index in [0.29, 0.717) is 47.3 Å². The predicted molar refractivity (Wildman–Crippen MR) is 132 cm³/mol. The monoisotopic (exact) mass is 466 g/mol. The van der Waals surface area contributed by atoms with Gasteiger partial charge in [-0.25, -0.2) is 0 Å². The van der Waals surface area contributed by atoms with E-state index in [2.05, 4.69) is 4.98 Å². The molecule has 5 rings (SSSR count). The van der Waals surface area contributed by atoms with Crippen LogP contribution in [-0.2, 0) is 4.79 Å². The SMILES string of the molecule is N=C1C(=C(O)c2ccccc2)C(c2cccnc2)C2=C(CCCC2=O)N1c1ccc([N+](=O)[O-])cc1. The molecule has 0 saturated heterocycles. The number of aliphatic hydroxyl groups excluding tert-OH is 1. The number of aliphatic hydroxyl groups is 1. The number of hydrogen-bond acceptors (Lipinski definition) is 6. The lowest BCUT2D eigenvalue weighted by Crippen LogP contribution is -2.42. The Morgan fingerprint density at radius 3 is 2.46 bits per heavy atom. The van der Waals surface area contributed by atoms with E-state index in [0.717, 1.165) is 0 Å². The number of allylic oxidation sites excluding steroid dienone is 2. The van der Waals surface area contributed by atoms with Gasteiger partial charge in [-0.05, 0) is 36.6 Å². The molecule has 8 heteroatoms. The number of nitro benzene ring substituents is 1. The molecule has 1 aliphatic heterocycles. The van der Waals surface area contributed by atoms with Gasteiger partial charge < -0.3 is 5.11 Å². The molecule has 3 aromatic rings. The molecule has 2 aliphatic rings. The number of rotatable bonds is 4. The van der Waals surface area contributed by atoms with Crippen LogP contribution in [0, 0.1) is 15.5 Å². The summed E-state index contributed by atoms with van der Waals surface area (Å²) in [5.74, 6) is -0.782. The van der Waals surface area contributed by atoms with Gasteiger partial charge in [-0.1, -0.05) is 36.4 Å². The van der Waals surface area contributed by atoms with Gasteiger partial charge in [0.2, 0.25) is 0 Å². The van der Waals surface area contributed by atoms with Gasteiger partial charge in [0, 0.05) is 65.0 Å². The molecule has 0 saturated carbocycles. The number of non-ortho nitro benzene ring substituents is 1. The molecule has 1 unspecified atom stereocenters. The van der Waals surface area contributed by atoms with E-state index in [4.69, 9.17) is 0 Å². The number of benzene rings is 2. The predicted octanol–water partition coefficient (Wildman–Crippen LogP) is 5.55. The maximum absolute atomic E-state index is 13.4. The zero-order chi connectivity index (χ0) is 24.5. The highest BCUT2D eigenvalue weighted by Gasteiger charge is 2.43. The minimum atomic E-state index is -0.659. The van der Waals surface area contributed by atoms with E-state index in [-0.39, 0.29) is 28.6 Å². The molecular weight excluding hydrogens is 444 g/mol. The first kappa shape index (κ1) is 22.2. The molecule has 0 amide bonds. The number of nitrogens with zero attached hydrogens (tertiary/aromatic N) is 3. The number of nitrogens with one attached hydrogen (secondary N) is 1. The lowest BCUT2D eigenvalue weighted by molar-refractivity contribution is -0.384. The molecule has 0 spiro atoms. The van der Waals surface area contributed by atoms with Crippen LogP contribution in [0.4, 0.5) is 11.4 Å². The largest absolute Gasteiger partial charge is 0.507 e. The van der Waals surface area contributed by atoms with E-state index in [1.165, 1.54) is 12.1 Å². The molecule has 0 radical (unpaired) electrons. The van der Waals surface area contributed by atoms with E-state index in [1.54, 1.807) is 59.8 Å². The second-order valence-corrected chi connectivity index (χ2v) is 8.44. The molecule has 1 aromatic heterocycles. The Balaban J connectivity index is 1.79. The van der Waals surface area contributed by atoms with Crippen molar-refractivity contribution < 1.29 is 14.8 Å². The van der Waals surface area contributed by atoms with Crippen molar-refractivity contribution in [2.24, 2.45) is 0 Å². The number of aromatic nitrogens is 1. The number of carbonyl (C=O) groups excluding carboxylic acids is 1. The summed E-state index contributed by atoms with van der Waals surface area (Å²) in [4.78, 5) is 29.9. The van der Waals surface area contributed by atoms with Crippen LogP contribution in [-0.4, -0.2) is 26.6 Å². The van der Waals surface area contributed by atoms with Gasteiger partial charge in [-0.2, -0.15) is 0 Å². The molecule has 1 aliphatic carbocycles. The van der Waals surface area contributed by atoms with Crippen LogP contribution in [0.15, 0.2) is 96.0 Å². The van der Waals surface area contributed by atoms with Crippen LogP contribution in [0.3, 0.4) is 0 Å². The molecule has 2 heterocycles. The highest BCUT2D eigenvalue weighted by molar-refractivity contribution is 6.19. The van der Waals surface area contributed by atoms with Crippen molar-refractivity contribution in [2.75, 3.05) is 4.90 Å². The number of carbonyl (C=O) groups is 1. The minimum Gasteiger partial charge on any atom is -0.507 e. The van der Waals surface area contributed by atoms with E-state index >= 15 is 0 Å². The Morgan fingerprint density at radius 2 is 1.80 bits per heavy atom. The first-order valence-electron chi connectivity index (χ1n) is 11.3. The molecule has 35 heavy (non-hydrogen) atoms. The Bertz CT molecular complexity index is 1380. The van der Waals surface area contributed by atoms with Gasteiger partial charge in [0.15, 0.2) is 5.78 Å². The molecule has 8 nitrogen and oxygen atoms in total. The number of ketones is 1. The average Bonchev–Trinajstić information content (AvgIpc) is 2.89. The van der Waals surface area contributed by atoms with Crippen molar-refractivity contribution >= 4 is 28.8 Å². The number of nitro groups is 1. The smallest absolute Gasteiger partial charge is 0.269 e. The molecule has 0 bridgehead atoms. The minimum absolute atomic E-state index is 0.0162. The second kappa shape index (κ2) is 8.98. The quantitative estimate of drug-likeness (QED) is 0.296. The van der Waals surface area contributed by atoms with Crippen molar-refractivity contribution in [3.63, 3.8) is 0 Å². The normalized spacial score (nSPS) is 19.4. The third kappa shape index (κ3) is 3.89. The van der Waals surface area contributed by atoms with Crippen molar-refractivity contribution in [2.45, 2.75) is 25.2 Å². The summed E-state index contributed by atoms with van der Waals surface area (Å²) in [6, 6.07) is 18.4. The topological polar surface area (TPSA) is 120 Å². The van der Waals surface area contributed by atoms with E-state index in [1.807, 2.05) is 12.1 Å². The third-order valence-corrected chi connectivity index (χ3v) is 6.39. The number of amidine groups is 1. The summed E-state index contributed by atoms with van der Waals surface area (Å²) in [6.07, 6.45) is 4.87. The molecule has 2 aromatic carbocycles. The summed E-state index contributed by atoms with van der Waals surface area (Å²) < 4.78 is 0. The number of hydrogen-bond donors (Lipinski definition) is 2. The van der Waals surface area contributed by atoms with Crippen LogP contribution in [0.5, 0.6) is 0 Å². The maximum Gasteiger partial charge on any atom is 0.269 e. The lowest BCUT2D eigenvalue weighted by atomic mass is 9.74. The Labute approximate surface area is 201 Å². The summed E-state index contributed by atoms with van der Waals surface area (Å²) in [6.45, 7) is 0. The number of Topliss-reactive ketones (excluding diaryl/α,β-unsaturated/α-hetero) is 1. The van der Waals surface area contributed by atoms with E-state index in [9.17, 15) is 25.4 Å². The Morgan fingerprint density at radius 1 is 1.06 bits per heavy atom. The zero-order valence-electron chi connectivity index (χ0n) is 18.7. The molecule has 2 N–H and O–H groups in total. The molecule has 0 fully saturated rings. The first-order valence-corrected chi connectivity index (χ1v) is 11.3. The van der Waals surface area contributed by atoms with Gasteiger partial charge in [-0.3, -0.25) is 30.2 Å². The summed E-state index contributed by atoms with van der Waals surface area (Å²) in [5.41, 5.74) is 3.18. The highest BCUT2D eigenvalue weighted by atomic mass is 16.6. The van der Waals surface area contributed by atoms with Crippen LogP contribution < -0.4 is 4.90 Å². The van der Waals surface area contributed by atoms with Crippen LogP contribution in [0.25, 0.3) is 5.76 Å². The second-order valence-electron chi connectivity index (χ2n) is 8.44. The summed E-state index contributed by atoms with van der Waals surface area (Å²) in [5, 5.41) is 31.9. The summed E-state index contributed by atoms with van der Waals surface area (Å²) >= 11 is 0. The molecular formula is C27H22N4O4. The fraction of sp³-hybridized carbons (Fsp3) is 0.148. The zero-order valence-corrected chi connectivity index (χ0v) is 18.7. The standard InChI is InChI=1S/C27H22N4O4/c28-27-25(26(33)17-6-2-1-3-7-17)23(18-8-5-15-29-16-18)24-21(9-4-10-22(24)32)30(27)19-11-13-20(14-12-19)31(34)35/h1-3,5-8,11-16,23,28,33H,4,9-10H2. The molecule has 1 atom stereocenters. The average molecular weight is 466 g/mol. The van der Waals surface area contributed by atoms with Crippen molar-refractivity contribution in [3.05, 3.63) is 117 Å². The molecule has 174 valence electrons. The first-order chi connectivity index (χ1) is 17.0. The van der Waals surface area contributed by atoms with E-state index < -0.39 is 10.8 Å².